The van der Waals surface area contributed by atoms with Crippen molar-refractivity contribution in [2.75, 3.05) is 31.1 Å². The summed E-state index contributed by atoms with van der Waals surface area (Å²) in [6, 6.07) is 7.60. The number of benzene rings is 1. The van der Waals surface area contributed by atoms with Crippen LogP contribution in [0.3, 0.4) is 0 Å². The van der Waals surface area contributed by atoms with Crippen LogP contribution in [0.15, 0.2) is 24.3 Å². The number of nitrogens with one attached hydrogen (secondary N) is 1. The molecule has 0 aliphatic carbocycles. The van der Waals surface area contributed by atoms with Crippen molar-refractivity contribution in [3.8, 4) is 0 Å². The summed E-state index contributed by atoms with van der Waals surface area (Å²) >= 11 is 1.73. The number of halogens is 3. The van der Waals surface area contributed by atoms with Crippen LogP contribution in [-0.4, -0.2) is 54.2 Å². The highest BCUT2D eigenvalue weighted by molar-refractivity contribution is 7.99. The van der Waals surface area contributed by atoms with E-state index in [9.17, 15) is 18.0 Å². The number of carbonyl (C=O) groups is 1. The minimum Gasteiger partial charge on any atom is -0.333 e. The van der Waals surface area contributed by atoms with Gasteiger partial charge in [-0.3, -0.25) is 4.79 Å². The fourth-order valence-corrected chi connectivity index (χ4v) is 3.57. The third-order valence-corrected chi connectivity index (χ3v) is 5.06. The molecule has 1 aliphatic heterocycles. The zero-order valence-electron chi connectivity index (χ0n) is 13.7. The van der Waals surface area contributed by atoms with Crippen LogP contribution in [0.1, 0.15) is 17.5 Å². The van der Waals surface area contributed by atoms with E-state index in [0.717, 1.165) is 34.1 Å². The van der Waals surface area contributed by atoms with Crippen molar-refractivity contribution < 1.29 is 18.0 Å². The summed E-state index contributed by atoms with van der Waals surface area (Å²) in [5.41, 5.74) is 2.04. The van der Waals surface area contributed by atoms with Gasteiger partial charge >= 0.3 is 6.18 Å². The van der Waals surface area contributed by atoms with E-state index in [1.165, 1.54) is 0 Å². The van der Waals surface area contributed by atoms with Crippen molar-refractivity contribution in [3.63, 3.8) is 0 Å². The fraction of sp³-hybridized carbons (Fsp3) is 0.588. The highest BCUT2D eigenvalue weighted by atomic mass is 32.2. The number of carbonyl (C=O) groups excluding carboxylic acids is 1. The van der Waals surface area contributed by atoms with E-state index in [0.29, 0.717) is 6.42 Å². The van der Waals surface area contributed by atoms with Crippen LogP contribution >= 0.6 is 11.8 Å². The molecule has 0 spiro atoms. The first-order chi connectivity index (χ1) is 11.3. The van der Waals surface area contributed by atoms with E-state index in [4.69, 9.17) is 0 Å². The van der Waals surface area contributed by atoms with E-state index in [1.807, 2.05) is 31.2 Å². The Hall–Kier alpha value is -1.21. The number of thioether (sulfide) groups is 1. The molecule has 0 aromatic heterocycles. The van der Waals surface area contributed by atoms with Crippen LogP contribution in [0.4, 0.5) is 13.2 Å². The maximum absolute atomic E-state index is 12.8. The van der Waals surface area contributed by atoms with Crippen molar-refractivity contribution in [2.45, 2.75) is 32.0 Å². The molecule has 0 saturated carbocycles. The Labute approximate surface area is 145 Å². The lowest BCUT2D eigenvalue weighted by molar-refractivity contribution is -0.161. The molecule has 1 aromatic carbocycles. The molecule has 1 N–H and O–H groups in total. The lowest BCUT2D eigenvalue weighted by Crippen LogP contribution is -2.45. The Balaban J connectivity index is 1.94. The summed E-state index contributed by atoms with van der Waals surface area (Å²) in [6.45, 7) is 1.66. The van der Waals surface area contributed by atoms with Crippen LogP contribution in [0, 0.1) is 6.92 Å². The van der Waals surface area contributed by atoms with E-state index >= 15 is 0 Å². The molecule has 24 heavy (non-hydrogen) atoms. The topological polar surface area (TPSA) is 32.3 Å². The Bertz CT molecular complexity index is 528. The third kappa shape index (κ3) is 6.73. The van der Waals surface area contributed by atoms with Crippen molar-refractivity contribution in [2.24, 2.45) is 0 Å². The summed E-state index contributed by atoms with van der Waals surface area (Å²) in [5, 5.41) is 3.20. The molecule has 0 bridgehead atoms. The molecule has 1 aromatic rings. The predicted molar refractivity (Wildman–Crippen MR) is 91.3 cm³/mol. The molecule has 1 saturated heterocycles. The fourth-order valence-electron chi connectivity index (χ4n) is 2.62. The molecule has 1 atom stereocenters. The van der Waals surface area contributed by atoms with Gasteiger partial charge in [0.2, 0.25) is 5.91 Å². The number of aryl methyl sites for hydroxylation is 1. The largest absolute Gasteiger partial charge is 0.406 e. The quantitative estimate of drug-likeness (QED) is 0.846. The van der Waals surface area contributed by atoms with Gasteiger partial charge in [-0.1, -0.05) is 29.8 Å². The molecule has 7 heteroatoms. The number of alkyl halides is 3. The van der Waals surface area contributed by atoms with Crippen LogP contribution in [-0.2, 0) is 11.2 Å². The molecule has 134 valence electrons. The smallest absolute Gasteiger partial charge is 0.333 e. The first kappa shape index (κ1) is 19.1. The maximum Gasteiger partial charge on any atom is 0.406 e. The zero-order chi connectivity index (χ0) is 17.6. The van der Waals surface area contributed by atoms with Gasteiger partial charge in [-0.05, 0) is 18.9 Å². The van der Waals surface area contributed by atoms with Crippen molar-refractivity contribution in [1.82, 2.24) is 10.2 Å². The number of nitrogens with zero attached hydrogens (tertiary/aromatic N) is 1. The average Bonchev–Trinajstić information content (AvgIpc) is 2.53. The molecule has 0 radical (unpaired) electrons. The molecule has 3 nitrogen and oxygen atoms in total. The van der Waals surface area contributed by atoms with Crippen molar-refractivity contribution in [1.29, 1.82) is 0 Å². The van der Waals surface area contributed by atoms with E-state index in [1.54, 1.807) is 11.8 Å². The number of hydrogen-bond acceptors (Lipinski definition) is 3. The zero-order valence-corrected chi connectivity index (χ0v) is 14.6. The van der Waals surface area contributed by atoms with Crippen LogP contribution in [0.25, 0.3) is 0 Å². The van der Waals surface area contributed by atoms with Crippen LogP contribution in [0.5, 0.6) is 0 Å². The normalized spacial score (nSPS) is 18.4. The van der Waals surface area contributed by atoms with E-state index in [-0.39, 0.29) is 19.0 Å². The molecule has 2 rings (SSSR count). The highest BCUT2D eigenvalue weighted by Gasteiger charge is 2.33. The second-order valence-corrected chi connectivity index (χ2v) is 7.25. The summed E-state index contributed by atoms with van der Waals surface area (Å²) in [7, 11) is 0. The minimum atomic E-state index is -4.38. The SMILES string of the molecule is Cc1ccc(CCN(CC(F)(F)F)C(=O)CC2CSCCN2)cc1. The van der Waals surface area contributed by atoms with Gasteiger partial charge in [0.15, 0.2) is 0 Å². The maximum atomic E-state index is 12.8. The summed E-state index contributed by atoms with van der Waals surface area (Å²) in [6.07, 6.45) is -3.83. The highest BCUT2D eigenvalue weighted by Crippen LogP contribution is 2.19. The molecule has 1 amide bonds. The van der Waals surface area contributed by atoms with Gasteiger partial charge in [0.1, 0.15) is 6.54 Å². The minimum absolute atomic E-state index is 0.0358. The average molecular weight is 360 g/mol. The number of hydrogen-bond donors (Lipinski definition) is 1. The van der Waals surface area contributed by atoms with Crippen molar-refractivity contribution >= 4 is 17.7 Å². The summed E-state index contributed by atoms with van der Waals surface area (Å²) in [5.74, 6) is 1.31. The second kappa shape index (κ2) is 8.76. The predicted octanol–water partition coefficient (Wildman–Crippen LogP) is 3.02. The van der Waals surface area contributed by atoms with Gasteiger partial charge in [0.05, 0.1) is 0 Å². The molecule has 1 fully saturated rings. The first-order valence-corrected chi connectivity index (χ1v) is 9.20. The monoisotopic (exact) mass is 360 g/mol. The second-order valence-electron chi connectivity index (χ2n) is 6.10. The number of rotatable bonds is 6. The van der Waals surface area contributed by atoms with Gasteiger partial charge in [-0.25, -0.2) is 0 Å². The molecular weight excluding hydrogens is 337 g/mol. The van der Waals surface area contributed by atoms with Crippen LogP contribution in [0.2, 0.25) is 0 Å². The van der Waals surface area contributed by atoms with Crippen LogP contribution < -0.4 is 5.32 Å². The van der Waals surface area contributed by atoms with Gasteiger partial charge < -0.3 is 10.2 Å². The number of amides is 1. The van der Waals surface area contributed by atoms with Crippen molar-refractivity contribution in [3.05, 3.63) is 35.4 Å². The van der Waals surface area contributed by atoms with E-state index in [2.05, 4.69) is 5.32 Å². The van der Waals surface area contributed by atoms with Gasteiger partial charge in [-0.2, -0.15) is 24.9 Å². The van der Waals surface area contributed by atoms with Gasteiger partial charge in [0, 0.05) is 37.1 Å². The Kier molecular flexibility index (Phi) is 6.98. The summed E-state index contributed by atoms with van der Waals surface area (Å²) in [4.78, 5) is 13.3. The Morgan fingerprint density at radius 2 is 2.04 bits per heavy atom. The molecule has 1 unspecified atom stereocenters. The summed E-state index contributed by atoms with van der Waals surface area (Å²) < 4.78 is 38.4. The molecule has 1 heterocycles. The Morgan fingerprint density at radius 1 is 1.33 bits per heavy atom. The Morgan fingerprint density at radius 3 is 2.62 bits per heavy atom. The van der Waals surface area contributed by atoms with Gasteiger partial charge in [0.25, 0.3) is 0 Å². The lowest BCUT2D eigenvalue weighted by Gasteiger charge is -2.28. The molecule has 1 aliphatic rings. The van der Waals surface area contributed by atoms with Gasteiger partial charge in [-0.15, -0.1) is 0 Å². The first-order valence-electron chi connectivity index (χ1n) is 8.05. The standard InChI is InChI=1S/C17H23F3N2OS/c1-13-2-4-14(5-3-13)6-8-22(12-17(18,19)20)16(23)10-15-11-24-9-7-21-15/h2-5,15,21H,6-12H2,1H3. The molecular formula is C17H23F3N2OS. The third-order valence-electron chi connectivity index (χ3n) is 3.93. The lowest BCUT2D eigenvalue weighted by atomic mass is 10.1. The van der Waals surface area contributed by atoms with E-state index < -0.39 is 18.6 Å².